The Bertz CT molecular complexity index is 820. The molecule has 2 rings (SSSR count). The molecule has 0 saturated carbocycles. The van der Waals surface area contributed by atoms with E-state index in [-0.39, 0.29) is 12.5 Å². The van der Waals surface area contributed by atoms with Gasteiger partial charge in [0.1, 0.15) is 6.54 Å². The second kappa shape index (κ2) is 8.43. The summed E-state index contributed by atoms with van der Waals surface area (Å²) in [5.41, 5.74) is 2.19. The van der Waals surface area contributed by atoms with Crippen LogP contribution in [0.3, 0.4) is 0 Å². The summed E-state index contributed by atoms with van der Waals surface area (Å²) in [7, 11) is 1.24. The number of halogens is 1. The van der Waals surface area contributed by atoms with Gasteiger partial charge in [-0.3, -0.25) is 14.4 Å². The van der Waals surface area contributed by atoms with Crippen molar-refractivity contribution in [2.75, 3.05) is 19.0 Å². The van der Waals surface area contributed by atoms with Crippen LogP contribution in [-0.4, -0.2) is 31.4 Å². The maximum absolute atomic E-state index is 12.4. The van der Waals surface area contributed by atoms with Crippen LogP contribution in [0.1, 0.15) is 26.3 Å². The number of aryl methyl sites for hydroxylation is 1. The van der Waals surface area contributed by atoms with Gasteiger partial charge in [-0.1, -0.05) is 22.0 Å². The molecule has 130 valence electrons. The topological polar surface area (TPSA) is 84.5 Å². The summed E-state index contributed by atoms with van der Waals surface area (Å²) in [6, 6.07) is 11.8. The molecule has 0 atom stereocenters. The molecular formula is C18H17BrN2O4. The van der Waals surface area contributed by atoms with Gasteiger partial charge in [0.05, 0.1) is 7.11 Å². The van der Waals surface area contributed by atoms with Crippen LogP contribution < -0.4 is 10.6 Å². The van der Waals surface area contributed by atoms with Crippen molar-refractivity contribution in [3.8, 4) is 0 Å². The average Bonchev–Trinajstić information content (AvgIpc) is 2.59. The lowest BCUT2D eigenvalue weighted by molar-refractivity contribution is -0.139. The molecule has 6 nitrogen and oxygen atoms in total. The van der Waals surface area contributed by atoms with Crippen LogP contribution in [0, 0.1) is 6.92 Å². The van der Waals surface area contributed by atoms with Crippen molar-refractivity contribution < 1.29 is 19.1 Å². The molecule has 7 heteroatoms. The highest BCUT2D eigenvalue weighted by molar-refractivity contribution is 9.10. The van der Waals surface area contributed by atoms with Crippen LogP contribution in [0.2, 0.25) is 0 Å². The normalized spacial score (nSPS) is 10.0. The lowest BCUT2D eigenvalue weighted by Crippen LogP contribution is -2.30. The summed E-state index contributed by atoms with van der Waals surface area (Å²) < 4.78 is 5.36. The fraction of sp³-hybridized carbons (Fsp3) is 0.167. The van der Waals surface area contributed by atoms with E-state index in [0.29, 0.717) is 16.8 Å². The van der Waals surface area contributed by atoms with E-state index in [9.17, 15) is 14.4 Å². The predicted octanol–water partition coefficient (Wildman–Crippen LogP) is 2.91. The Morgan fingerprint density at radius 3 is 2.52 bits per heavy atom. The Labute approximate surface area is 153 Å². The first kappa shape index (κ1) is 18.7. The molecule has 0 fully saturated rings. The molecule has 0 heterocycles. The molecule has 0 aromatic heterocycles. The fourth-order valence-electron chi connectivity index (χ4n) is 2.15. The molecular weight excluding hydrogens is 388 g/mol. The zero-order valence-electron chi connectivity index (χ0n) is 13.8. The fourth-order valence-corrected chi connectivity index (χ4v) is 2.62. The number of carbonyl (C=O) groups excluding carboxylic acids is 3. The van der Waals surface area contributed by atoms with Gasteiger partial charge < -0.3 is 15.4 Å². The summed E-state index contributed by atoms with van der Waals surface area (Å²) in [5, 5.41) is 5.21. The molecule has 0 radical (unpaired) electrons. The van der Waals surface area contributed by atoms with Crippen LogP contribution in [0.5, 0.6) is 0 Å². The molecule has 25 heavy (non-hydrogen) atoms. The molecule has 0 unspecified atom stereocenters. The Kier molecular flexibility index (Phi) is 6.30. The van der Waals surface area contributed by atoms with Gasteiger partial charge in [-0.05, 0) is 48.9 Å². The number of methoxy groups -OCH3 is 1. The monoisotopic (exact) mass is 404 g/mol. The van der Waals surface area contributed by atoms with E-state index in [4.69, 9.17) is 0 Å². The zero-order chi connectivity index (χ0) is 18.4. The highest BCUT2D eigenvalue weighted by Crippen LogP contribution is 2.18. The predicted molar refractivity (Wildman–Crippen MR) is 97.6 cm³/mol. The molecule has 0 spiro atoms. The minimum absolute atomic E-state index is 0.218. The Morgan fingerprint density at radius 2 is 1.84 bits per heavy atom. The number of anilines is 1. The molecule has 0 saturated heterocycles. The third-order valence-corrected chi connectivity index (χ3v) is 3.93. The summed E-state index contributed by atoms with van der Waals surface area (Å²) in [6.07, 6.45) is 0. The number of carbonyl (C=O) groups is 3. The molecule has 0 aliphatic heterocycles. The van der Waals surface area contributed by atoms with Gasteiger partial charge in [0.25, 0.3) is 11.8 Å². The number of rotatable bonds is 5. The third kappa shape index (κ3) is 5.15. The summed E-state index contributed by atoms with van der Waals surface area (Å²) >= 11 is 3.36. The maximum Gasteiger partial charge on any atom is 0.325 e. The number of nitrogens with one attached hydrogen (secondary N) is 2. The van der Waals surface area contributed by atoms with E-state index < -0.39 is 11.9 Å². The first-order valence-corrected chi connectivity index (χ1v) is 8.22. The van der Waals surface area contributed by atoms with E-state index in [0.717, 1.165) is 10.0 Å². The molecule has 0 bridgehead atoms. The SMILES string of the molecule is COC(=O)CNC(=O)c1cccc(NC(=O)c2ccc(Br)cc2C)c1. The van der Waals surface area contributed by atoms with Crippen molar-refractivity contribution in [3.63, 3.8) is 0 Å². The van der Waals surface area contributed by atoms with Crippen molar-refractivity contribution in [2.45, 2.75) is 6.92 Å². The first-order chi connectivity index (χ1) is 11.9. The lowest BCUT2D eigenvalue weighted by Gasteiger charge is -2.10. The lowest BCUT2D eigenvalue weighted by atomic mass is 10.1. The van der Waals surface area contributed by atoms with Gasteiger partial charge in [-0.2, -0.15) is 0 Å². The van der Waals surface area contributed by atoms with Crippen LogP contribution in [0.15, 0.2) is 46.9 Å². The molecule has 0 aliphatic rings. The number of benzene rings is 2. The van der Waals surface area contributed by atoms with Crippen LogP contribution in [0.25, 0.3) is 0 Å². The van der Waals surface area contributed by atoms with Crippen molar-refractivity contribution in [1.82, 2.24) is 5.32 Å². The average molecular weight is 405 g/mol. The van der Waals surface area contributed by atoms with E-state index in [1.54, 1.807) is 36.4 Å². The number of amides is 2. The van der Waals surface area contributed by atoms with Crippen molar-refractivity contribution in [1.29, 1.82) is 0 Å². The van der Waals surface area contributed by atoms with Gasteiger partial charge in [0.2, 0.25) is 0 Å². The number of hydrogen-bond acceptors (Lipinski definition) is 4. The minimum atomic E-state index is -0.538. The molecule has 2 aromatic carbocycles. The van der Waals surface area contributed by atoms with Crippen LogP contribution >= 0.6 is 15.9 Å². The first-order valence-electron chi connectivity index (χ1n) is 7.43. The second-order valence-electron chi connectivity index (χ2n) is 5.25. The Morgan fingerprint density at radius 1 is 1.08 bits per heavy atom. The Balaban J connectivity index is 2.09. The van der Waals surface area contributed by atoms with Crippen LogP contribution in [0.4, 0.5) is 5.69 Å². The second-order valence-corrected chi connectivity index (χ2v) is 6.17. The van der Waals surface area contributed by atoms with E-state index in [2.05, 4.69) is 31.3 Å². The van der Waals surface area contributed by atoms with Crippen molar-refractivity contribution in [3.05, 3.63) is 63.6 Å². The summed E-state index contributed by atoms with van der Waals surface area (Å²) in [5.74, 6) is -1.23. The largest absolute Gasteiger partial charge is 0.468 e. The number of esters is 1. The molecule has 2 N–H and O–H groups in total. The Hall–Kier alpha value is -2.67. The number of hydrogen-bond donors (Lipinski definition) is 2. The van der Waals surface area contributed by atoms with Gasteiger partial charge >= 0.3 is 5.97 Å². The van der Waals surface area contributed by atoms with Gasteiger partial charge in [0.15, 0.2) is 0 Å². The summed E-state index contributed by atoms with van der Waals surface area (Å²) in [4.78, 5) is 35.5. The highest BCUT2D eigenvalue weighted by Gasteiger charge is 2.12. The van der Waals surface area contributed by atoms with E-state index in [1.165, 1.54) is 7.11 Å². The van der Waals surface area contributed by atoms with Gasteiger partial charge in [-0.15, -0.1) is 0 Å². The van der Waals surface area contributed by atoms with Crippen molar-refractivity contribution in [2.24, 2.45) is 0 Å². The van der Waals surface area contributed by atoms with E-state index >= 15 is 0 Å². The summed E-state index contributed by atoms with van der Waals surface area (Å²) in [6.45, 7) is 1.63. The standard InChI is InChI=1S/C18H17BrN2O4/c1-11-8-13(19)6-7-15(11)18(24)21-14-5-3-4-12(9-14)17(23)20-10-16(22)25-2/h3-9H,10H2,1-2H3,(H,20,23)(H,21,24). The smallest absolute Gasteiger partial charge is 0.325 e. The number of ether oxygens (including phenoxy) is 1. The van der Waals surface area contributed by atoms with Gasteiger partial charge in [-0.25, -0.2) is 0 Å². The van der Waals surface area contributed by atoms with Gasteiger partial charge in [0, 0.05) is 21.3 Å². The van der Waals surface area contributed by atoms with Crippen LogP contribution in [-0.2, 0) is 9.53 Å². The van der Waals surface area contributed by atoms with E-state index in [1.807, 2.05) is 13.0 Å². The minimum Gasteiger partial charge on any atom is -0.468 e. The highest BCUT2D eigenvalue weighted by atomic mass is 79.9. The maximum atomic E-state index is 12.4. The third-order valence-electron chi connectivity index (χ3n) is 3.44. The molecule has 2 aromatic rings. The zero-order valence-corrected chi connectivity index (χ0v) is 15.3. The van der Waals surface area contributed by atoms with Crippen molar-refractivity contribution >= 4 is 39.4 Å². The molecule has 2 amide bonds. The molecule has 0 aliphatic carbocycles. The quantitative estimate of drug-likeness (QED) is 0.750.